The molecular weight excluding hydrogens is 286 g/mol. The first kappa shape index (κ1) is 17.0. The minimum atomic E-state index is -0.183. The Kier molecular flexibility index (Phi) is 5.77. The maximum absolute atomic E-state index is 12.6. The Hall–Kier alpha value is -2.33. The summed E-state index contributed by atoms with van der Waals surface area (Å²) >= 11 is 0. The minimum absolute atomic E-state index is 0.00539. The number of hydrogen-bond donors (Lipinski definition) is 2. The van der Waals surface area contributed by atoms with E-state index < -0.39 is 0 Å². The maximum Gasteiger partial charge on any atom is 0.241 e. The highest BCUT2D eigenvalue weighted by atomic mass is 16.2. The van der Waals surface area contributed by atoms with E-state index in [9.17, 15) is 4.79 Å². The van der Waals surface area contributed by atoms with E-state index in [0.717, 1.165) is 24.2 Å². The van der Waals surface area contributed by atoms with Crippen LogP contribution in [0.15, 0.2) is 48.5 Å². The quantitative estimate of drug-likeness (QED) is 0.804. The second-order valence-electron chi connectivity index (χ2n) is 5.89. The lowest BCUT2D eigenvalue weighted by molar-refractivity contribution is -0.121. The van der Waals surface area contributed by atoms with Crippen LogP contribution in [-0.4, -0.2) is 23.9 Å². The third-order valence-electron chi connectivity index (χ3n) is 4.04. The number of anilines is 2. The van der Waals surface area contributed by atoms with Crippen molar-refractivity contribution in [2.75, 3.05) is 18.1 Å². The van der Waals surface area contributed by atoms with E-state index >= 15 is 0 Å². The van der Waals surface area contributed by atoms with Crippen molar-refractivity contribution >= 4 is 17.3 Å². The number of nitrogens with zero attached hydrogens (tertiary/aromatic N) is 1. The van der Waals surface area contributed by atoms with Crippen molar-refractivity contribution in [3.63, 3.8) is 0 Å². The van der Waals surface area contributed by atoms with Gasteiger partial charge in [0.2, 0.25) is 5.91 Å². The van der Waals surface area contributed by atoms with Crippen LogP contribution in [0.2, 0.25) is 0 Å². The van der Waals surface area contributed by atoms with E-state index in [1.54, 1.807) is 6.07 Å². The number of benzene rings is 2. The number of rotatable bonds is 6. The Morgan fingerprint density at radius 3 is 2.52 bits per heavy atom. The van der Waals surface area contributed by atoms with Crippen molar-refractivity contribution in [3.05, 3.63) is 59.7 Å². The number of nitrogen functional groups attached to an aromatic ring is 1. The van der Waals surface area contributed by atoms with Gasteiger partial charge < -0.3 is 11.1 Å². The van der Waals surface area contributed by atoms with Gasteiger partial charge in [-0.15, -0.1) is 0 Å². The standard InChI is InChI=1S/C19H25N3O/c1-4-18(22(3)13-15-8-6-5-7-9-15)19(23)21-16-11-10-14(2)17(20)12-16/h5-12,18H,4,13,20H2,1-3H3,(H,21,23). The molecule has 23 heavy (non-hydrogen) atoms. The molecule has 0 aromatic heterocycles. The molecule has 0 fully saturated rings. The van der Waals surface area contributed by atoms with Crippen LogP contribution in [0.3, 0.4) is 0 Å². The van der Waals surface area contributed by atoms with Crippen LogP contribution >= 0.6 is 0 Å². The van der Waals surface area contributed by atoms with Gasteiger partial charge in [0.05, 0.1) is 6.04 Å². The molecule has 0 bridgehead atoms. The fraction of sp³-hybridized carbons (Fsp3) is 0.316. The zero-order chi connectivity index (χ0) is 16.8. The molecule has 0 heterocycles. The predicted octanol–water partition coefficient (Wildman–Crippen LogP) is 3.43. The smallest absolute Gasteiger partial charge is 0.241 e. The first-order chi connectivity index (χ1) is 11.0. The highest BCUT2D eigenvalue weighted by Gasteiger charge is 2.21. The van der Waals surface area contributed by atoms with Crippen molar-refractivity contribution in [3.8, 4) is 0 Å². The Labute approximate surface area is 138 Å². The second-order valence-corrected chi connectivity index (χ2v) is 5.89. The highest BCUT2D eigenvalue weighted by molar-refractivity contribution is 5.95. The SMILES string of the molecule is CCC(C(=O)Nc1ccc(C)c(N)c1)N(C)Cc1ccccc1. The molecule has 3 N–H and O–H groups in total. The van der Waals surface area contributed by atoms with Gasteiger partial charge in [-0.1, -0.05) is 43.3 Å². The molecule has 4 heteroatoms. The fourth-order valence-corrected chi connectivity index (χ4v) is 2.62. The monoisotopic (exact) mass is 311 g/mol. The Balaban J connectivity index is 2.04. The summed E-state index contributed by atoms with van der Waals surface area (Å²) in [6, 6.07) is 15.6. The molecule has 4 nitrogen and oxygen atoms in total. The molecule has 2 aromatic rings. The molecule has 0 radical (unpaired) electrons. The second kappa shape index (κ2) is 7.79. The van der Waals surface area contributed by atoms with Crippen LogP contribution in [0.4, 0.5) is 11.4 Å². The van der Waals surface area contributed by atoms with Crippen LogP contribution in [0.1, 0.15) is 24.5 Å². The number of likely N-dealkylation sites (N-methyl/N-ethyl adjacent to an activating group) is 1. The van der Waals surface area contributed by atoms with E-state index in [1.807, 2.05) is 51.2 Å². The van der Waals surface area contributed by atoms with Gasteiger partial charge in [0.15, 0.2) is 0 Å². The maximum atomic E-state index is 12.6. The number of nitrogens with two attached hydrogens (primary N) is 1. The van der Waals surface area contributed by atoms with Crippen LogP contribution in [-0.2, 0) is 11.3 Å². The van der Waals surface area contributed by atoms with Gasteiger partial charge in [-0.05, 0) is 43.7 Å². The van der Waals surface area contributed by atoms with Crippen LogP contribution < -0.4 is 11.1 Å². The number of carbonyl (C=O) groups is 1. The first-order valence-electron chi connectivity index (χ1n) is 7.92. The molecule has 0 saturated heterocycles. The Bertz CT molecular complexity index is 655. The summed E-state index contributed by atoms with van der Waals surface area (Å²) in [6.45, 7) is 4.71. The van der Waals surface area contributed by atoms with E-state index in [0.29, 0.717) is 5.69 Å². The van der Waals surface area contributed by atoms with Gasteiger partial charge in [0, 0.05) is 17.9 Å². The third kappa shape index (κ3) is 4.57. The van der Waals surface area contributed by atoms with E-state index in [-0.39, 0.29) is 11.9 Å². The number of amides is 1. The molecule has 0 aliphatic heterocycles. The fourth-order valence-electron chi connectivity index (χ4n) is 2.62. The molecule has 0 spiro atoms. The normalized spacial score (nSPS) is 12.2. The van der Waals surface area contributed by atoms with Crippen molar-refractivity contribution in [1.82, 2.24) is 4.90 Å². The summed E-state index contributed by atoms with van der Waals surface area (Å²) in [5, 5.41) is 2.97. The van der Waals surface area contributed by atoms with Crippen LogP contribution in [0.25, 0.3) is 0 Å². The molecule has 1 unspecified atom stereocenters. The van der Waals surface area contributed by atoms with Gasteiger partial charge in [0.1, 0.15) is 0 Å². The summed E-state index contributed by atoms with van der Waals surface area (Å²) in [7, 11) is 1.98. The molecular formula is C19H25N3O. The topological polar surface area (TPSA) is 58.4 Å². The molecule has 1 atom stereocenters. The lowest BCUT2D eigenvalue weighted by Gasteiger charge is -2.26. The van der Waals surface area contributed by atoms with Gasteiger partial charge in [-0.25, -0.2) is 0 Å². The van der Waals surface area contributed by atoms with Gasteiger partial charge in [0.25, 0.3) is 0 Å². The zero-order valence-corrected chi connectivity index (χ0v) is 14.0. The average Bonchev–Trinajstić information content (AvgIpc) is 2.52. The summed E-state index contributed by atoms with van der Waals surface area (Å²) in [4.78, 5) is 14.6. The lowest BCUT2D eigenvalue weighted by Crippen LogP contribution is -2.41. The molecule has 0 aliphatic rings. The van der Waals surface area contributed by atoms with Crippen molar-refractivity contribution < 1.29 is 4.79 Å². The number of carbonyl (C=O) groups excluding carboxylic acids is 1. The summed E-state index contributed by atoms with van der Waals surface area (Å²) < 4.78 is 0. The molecule has 1 amide bonds. The predicted molar refractivity (Wildman–Crippen MR) is 96.2 cm³/mol. The highest BCUT2D eigenvalue weighted by Crippen LogP contribution is 2.18. The van der Waals surface area contributed by atoms with Crippen LogP contribution in [0, 0.1) is 6.92 Å². The molecule has 0 aliphatic carbocycles. The van der Waals surface area contributed by atoms with E-state index in [4.69, 9.17) is 5.73 Å². The van der Waals surface area contributed by atoms with Crippen molar-refractivity contribution in [2.45, 2.75) is 32.9 Å². The average molecular weight is 311 g/mol. The Morgan fingerprint density at radius 1 is 1.22 bits per heavy atom. The minimum Gasteiger partial charge on any atom is -0.398 e. The number of nitrogens with one attached hydrogen (secondary N) is 1. The lowest BCUT2D eigenvalue weighted by atomic mass is 10.1. The van der Waals surface area contributed by atoms with Crippen LogP contribution in [0.5, 0.6) is 0 Å². The van der Waals surface area contributed by atoms with Gasteiger partial charge in [-0.2, -0.15) is 0 Å². The molecule has 2 rings (SSSR count). The largest absolute Gasteiger partial charge is 0.398 e. The van der Waals surface area contributed by atoms with E-state index in [2.05, 4.69) is 22.3 Å². The molecule has 0 saturated carbocycles. The molecule has 2 aromatic carbocycles. The van der Waals surface area contributed by atoms with Gasteiger partial charge >= 0.3 is 0 Å². The van der Waals surface area contributed by atoms with Gasteiger partial charge in [-0.3, -0.25) is 9.69 Å². The molecule has 122 valence electrons. The van der Waals surface area contributed by atoms with Crippen molar-refractivity contribution in [1.29, 1.82) is 0 Å². The third-order valence-corrected chi connectivity index (χ3v) is 4.04. The van der Waals surface area contributed by atoms with Crippen molar-refractivity contribution in [2.24, 2.45) is 0 Å². The Morgan fingerprint density at radius 2 is 1.91 bits per heavy atom. The number of hydrogen-bond acceptors (Lipinski definition) is 3. The first-order valence-corrected chi connectivity index (χ1v) is 7.92. The summed E-state index contributed by atoms with van der Waals surface area (Å²) in [5.74, 6) is -0.00539. The number of aryl methyl sites for hydroxylation is 1. The summed E-state index contributed by atoms with van der Waals surface area (Å²) in [6.07, 6.45) is 0.747. The summed E-state index contributed by atoms with van der Waals surface area (Å²) in [5.41, 5.74) is 9.54. The van der Waals surface area contributed by atoms with E-state index in [1.165, 1.54) is 5.56 Å². The zero-order valence-electron chi connectivity index (χ0n) is 14.0.